The molecule has 0 spiro atoms. The standard InChI is InChI=1S/C17H15NO2S/c1-9-14(10(2)19)16(12-6-4-8-20-12)15-11-5-3-7-13(11)21-17(15)18-9/h4,6,8H,3,5,7H2,1-2H3. The molecule has 0 radical (unpaired) electrons. The lowest BCUT2D eigenvalue weighted by Crippen LogP contribution is -2.03. The van der Waals surface area contributed by atoms with Gasteiger partial charge < -0.3 is 4.42 Å². The van der Waals surface area contributed by atoms with Crippen molar-refractivity contribution in [2.75, 3.05) is 0 Å². The summed E-state index contributed by atoms with van der Waals surface area (Å²) < 4.78 is 5.63. The van der Waals surface area contributed by atoms with Gasteiger partial charge in [0.25, 0.3) is 0 Å². The normalized spacial score (nSPS) is 13.8. The fraction of sp³-hybridized carbons (Fsp3) is 0.294. The van der Waals surface area contributed by atoms with Crippen LogP contribution in [0, 0.1) is 6.92 Å². The van der Waals surface area contributed by atoms with Crippen molar-refractivity contribution in [1.29, 1.82) is 0 Å². The molecule has 3 aromatic heterocycles. The number of Topliss-reactive ketones (excluding diaryl/α,β-unsaturated/α-hetero) is 1. The predicted molar refractivity (Wildman–Crippen MR) is 84.1 cm³/mol. The number of carbonyl (C=O) groups excluding carboxylic acids is 1. The fourth-order valence-corrected chi connectivity index (χ4v) is 4.66. The molecule has 0 bridgehead atoms. The van der Waals surface area contributed by atoms with Crippen LogP contribution in [0.4, 0.5) is 0 Å². The van der Waals surface area contributed by atoms with Crippen molar-refractivity contribution >= 4 is 27.3 Å². The number of fused-ring (bicyclic) bond motifs is 3. The number of nitrogens with zero attached hydrogens (tertiary/aromatic N) is 1. The molecule has 3 aromatic rings. The van der Waals surface area contributed by atoms with E-state index in [1.165, 1.54) is 16.9 Å². The third kappa shape index (κ3) is 1.79. The van der Waals surface area contributed by atoms with Crippen molar-refractivity contribution in [1.82, 2.24) is 4.98 Å². The molecular weight excluding hydrogens is 282 g/mol. The van der Waals surface area contributed by atoms with Crippen LogP contribution in [-0.2, 0) is 12.8 Å². The van der Waals surface area contributed by atoms with Gasteiger partial charge in [0.2, 0.25) is 0 Å². The first kappa shape index (κ1) is 12.8. The smallest absolute Gasteiger partial charge is 0.162 e. The molecule has 0 fully saturated rings. The van der Waals surface area contributed by atoms with Crippen LogP contribution < -0.4 is 0 Å². The molecule has 21 heavy (non-hydrogen) atoms. The van der Waals surface area contributed by atoms with Crippen LogP contribution >= 0.6 is 11.3 Å². The topological polar surface area (TPSA) is 43.1 Å². The van der Waals surface area contributed by atoms with Crippen LogP contribution in [0.25, 0.3) is 21.5 Å². The summed E-state index contributed by atoms with van der Waals surface area (Å²) in [6.07, 6.45) is 5.05. The molecule has 0 amide bonds. The molecule has 0 atom stereocenters. The first-order chi connectivity index (χ1) is 10.2. The number of hydrogen-bond acceptors (Lipinski definition) is 4. The van der Waals surface area contributed by atoms with E-state index in [1.54, 1.807) is 24.5 Å². The van der Waals surface area contributed by atoms with Gasteiger partial charge in [-0.1, -0.05) is 0 Å². The van der Waals surface area contributed by atoms with Crippen LogP contribution in [0.5, 0.6) is 0 Å². The van der Waals surface area contributed by atoms with Crippen molar-refractivity contribution < 1.29 is 9.21 Å². The first-order valence-electron chi connectivity index (χ1n) is 7.16. The molecule has 0 saturated heterocycles. The lowest BCUT2D eigenvalue weighted by molar-refractivity contribution is 0.101. The lowest BCUT2D eigenvalue weighted by atomic mass is 9.96. The van der Waals surface area contributed by atoms with E-state index < -0.39 is 0 Å². The summed E-state index contributed by atoms with van der Waals surface area (Å²) in [6, 6.07) is 3.80. The minimum absolute atomic E-state index is 0.0475. The number of furan rings is 1. The Labute approximate surface area is 126 Å². The average Bonchev–Trinajstić information content (AvgIpc) is 3.12. The number of ketones is 1. The fourth-order valence-electron chi connectivity index (χ4n) is 3.34. The number of pyridine rings is 1. The van der Waals surface area contributed by atoms with E-state index in [1.807, 2.05) is 19.1 Å². The minimum atomic E-state index is 0.0475. The molecule has 3 nitrogen and oxygen atoms in total. The van der Waals surface area contributed by atoms with E-state index in [-0.39, 0.29) is 5.78 Å². The highest BCUT2D eigenvalue weighted by Crippen LogP contribution is 2.43. The van der Waals surface area contributed by atoms with Gasteiger partial charge in [0, 0.05) is 15.8 Å². The maximum atomic E-state index is 12.2. The van der Waals surface area contributed by atoms with E-state index in [0.717, 1.165) is 40.1 Å². The van der Waals surface area contributed by atoms with E-state index in [9.17, 15) is 4.79 Å². The molecule has 1 aliphatic rings. The molecule has 1 aliphatic carbocycles. The van der Waals surface area contributed by atoms with Crippen molar-refractivity contribution in [3.05, 3.63) is 40.1 Å². The number of aryl methyl sites for hydroxylation is 3. The first-order valence-corrected chi connectivity index (χ1v) is 7.98. The second kappa shape index (κ2) is 4.53. The van der Waals surface area contributed by atoms with Crippen molar-refractivity contribution in [2.24, 2.45) is 0 Å². The maximum Gasteiger partial charge on any atom is 0.162 e. The van der Waals surface area contributed by atoms with Crippen LogP contribution in [-0.4, -0.2) is 10.8 Å². The highest BCUT2D eigenvalue weighted by molar-refractivity contribution is 7.19. The molecule has 3 heterocycles. The number of carbonyl (C=O) groups is 1. The van der Waals surface area contributed by atoms with E-state index in [2.05, 4.69) is 4.98 Å². The zero-order chi connectivity index (χ0) is 14.6. The second-order valence-electron chi connectivity index (χ2n) is 5.52. The highest BCUT2D eigenvalue weighted by atomic mass is 32.1. The molecule has 0 N–H and O–H groups in total. The predicted octanol–water partition coefficient (Wildman–Crippen LogP) is 4.56. The van der Waals surface area contributed by atoms with Crippen LogP contribution in [0.1, 0.15) is 39.8 Å². The Morgan fingerprint density at radius 2 is 2.24 bits per heavy atom. The van der Waals surface area contributed by atoms with Crippen LogP contribution in [0.3, 0.4) is 0 Å². The Balaban J connectivity index is 2.19. The van der Waals surface area contributed by atoms with Crippen LogP contribution in [0.2, 0.25) is 0 Å². The zero-order valence-electron chi connectivity index (χ0n) is 12.0. The van der Waals surface area contributed by atoms with Crippen molar-refractivity contribution in [2.45, 2.75) is 33.1 Å². The molecule has 4 rings (SSSR count). The van der Waals surface area contributed by atoms with Gasteiger partial charge in [-0.25, -0.2) is 4.98 Å². The van der Waals surface area contributed by atoms with Crippen molar-refractivity contribution in [3.63, 3.8) is 0 Å². The summed E-state index contributed by atoms with van der Waals surface area (Å²) >= 11 is 1.77. The lowest BCUT2D eigenvalue weighted by Gasteiger charge is -2.10. The Hall–Kier alpha value is -1.94. The summed E-state index contributed by atoms with van der Waals surface area (Å²) in [6.45, 7) is 3.52. The van der Waals surface area contributed by atoms with Gasteiger partial charge >= 0.3 is 0 Å². The Morgan fingerprint density at radius 3 is 2.95 bits per heavy atom. The van der Waals surface area contributed by atoms with Gasteiger partial charge in [0.15, 0.2) is 5.78 Å². The van der Waals surface area contributed by atoms with E-state index in [0.29, 0.717) is 5.56 Å². The van der Waals surface area contributed by atoms with Crippen LogP contribution in [0.15, 0.2) is 22.8 Å². The SMILES string of the molecule is CC(=O)c1c(C)nc2sc3c(c2c1-c1ccco1)CCC3. The van der Waals surface area contributed by atoms with Gasteiger partial charge in [0.1, 0.15) is 10.6 Å². The Bertz CT molecular complexity index is 859. The molecule has 0 unspecified atom stereocenters. The largest absolute Gasteiger partial charge is 0.464 e. The van der Waals surface area contributed by atoms with Gasteiger partial charge in [-0.3, -0.25) is 4.79 Å². The van der Waals surface area contributed by atoms with Crippen molar-refractivity contribution in [3.8, 4) is 11.3 Å². The summed E-state index contributed by atoms with van der Waals surface area (Å²) in [5.41, 5.74) is 3.80. The molecule has 106 valence electrons. The second-order valence-corrected chi connectivity index (χ2v) is 6.60. The number of thiophene rings is 1. The maximum absolute atomic E-state index is 12.2. The van der Waals surface area contributed by atoms with Gasteiger partial charge in [-0.15, -0.1) is 11.3 Å². The van der Waals surface area contributed by atoms with Gasteiger partial charge in [0.05, 0.1) is 17.5 Å². The quantitative estimate of drug-likeness (QED) is 0.651. The number of hydrogen-bond donors (Lipinski definition) is 0. The van der Waals surface area contributed by atoms with E-state index >= 15 is 0 Å². The minimum Gasteiger partial charge on any atom is -0.464 e. The Morgan fingerprint density at radius 1 is 1.38 bits per heavy atom. The summed E-state index contributed by atoms with van der Waals surface area (Å²) in [7, 11) is 0. The highest BCUT2D eigenvalue weighted by Gasteiger charge is 2.26. The number of aromatic nitrogens is 1. The monoisotopic (exact) mass is 297 g/mol. The Kier molecular flexibility index (Phi) is 2.76. The summed E-state index contributed by atoms with van der Waals surface area (Å²) in [5.74, 6) is 0.814. The van der Waals surface area contributed by atoms with E-state index in [4.69, 9.17) is 4.42 Å². The summed E-state index contributed by atoms with van der Waals surface area (Å²) in [4.78, 5) is 19.3. The number of rotatable bonds is 2. The molecule has 0 aliphatic heterocycles. The molecule has 0 aromatic carbocycles. The van der Waals surface area contributed by atoms with Gasteiger partial charge in [-0.05, 0) is 50.8 Å². The molecule has 0 saturated carbocycles. The van der Waals surface area contributed by atoms with Gasteiger partial charge in [-0.2, -0.15) is 0 Å². The third-order valence-corrected chi connectivity index (χ3v) is 5.34. The third-order valence-electron chi connectivity index (χ3n) is 4.15. The molecule has 4 heteroatoms. The zero-order valence-corrected chi connectivity index (χ0v) is 12.8. The summed E-state index contributed by atoms with van der Waals surface area (Å²) in [5, 5.41) is 1.14. The average molecular weight is 297 g/mol. The molecular formula is C17H15NO2S.